The number of carbonyl (C=O) groups is 1. The Hall–Kier alpha value is -0.850. The summed E-state index contributed by atoms with van der Waals surface area (Å²) in [4.78, 5) is 10.7. The molecule has 1 aliphatic rings. The molecule has 1 amide bonds. The summed E-state index contributed by atoms with van der Waals surface area (Å²) in [7, 11) is 0. The van der Waals surface area contributed by atoms with Gasteiger partial charge in [-0.2, -0.15) is 8.78 Å². The SMILES string of the molecule is CC1(CNC(=O)C(F)(F)C(F)F)COC1. The van der Waals surface area contributed by atoms with Crippen LogP contribution >= 0.6 is 0 Å². The van der Waals surface area contributed by atoms with Gasteiger partial charge < -0.3 is 10.1 Å². The second kappa shape index (κ2) is 3.96. The highest BCUT2D eigenvalue weighted by molar-refractivity contribution is 5.83. The molecule has 0 atom stereocenters. The highest BCUT2D eigenvalue weighted by atomic mass is 19.3. The summed E-state index contributed by atoms with van der Waals surface area (Å²) in [6.07, 6.45) is -3.98. The summed E-state index contributed by atoms with van der Waals surface area (Å²) >= 11 is 0. The normalized spacial score (nSPS) is 19.9. The van der Waals surface area contributed by atoms with E-state index in [0.717, 1.165) is 0 Å². The number of carbonyl (C=O) groups excluding carboxylic acids is 1. The van der Waals surface area contributed by atoms with Crippen LogP contribution in [0.1, 0.15) is 6.92 Å². The van der Waals surface area contributed by atoms with Gasteiger partial charge in [-0.15, -0.1) is 0 Å². The third-order valence-corrected chi connectivity index (χ3v) is 2.15. The molecule has 88 valence electrons. The van der Waals surface area contributed by atoms with Crippen molar-refractivity contribution in [1.29, 1.82) is 0 Å². The highest BCUT2D eigenvalue weighted by Crippen LogP contribution is 2.27. The van der Waals surface area contributed by atoms with E-state index >= 15 is 0 Å². The van der Waals surface area contributed by atoms with Gasteiger partial charge in [0.2, 0.25) is 0 Å². The first-order chi connectivity index (χ1) is 6.78. The van der Waals surface area contributed by atoms with Crippen LogP contribution < -0.4 is 5.32 Å². The quantitative estimate of drug-likeness (QED) is 0.731. The molecule has 7 heteroatoms. The Morgan fingerprint density at radius 1 is 1.53 bits per heavy atom. The van der Waals surface area contributed by atoms with Crippen LogP contribution in [0.3, 0.4) is 0 Å². The van der Waals surface area contributed by atoms with Crippen LogP contribution in [0.15, 0.2) is 0 Å². The monoisotopic (exact) mass is 229 g/mol. The minimum atomic E-state index is -4.62. The van der Waals surface area contributed by atoms with Gasteiger partial charge in [0.15, 0.2) is 0 Å². The Bertz CT molecular complexity index is 253. The predicted octanol–water partition coefficient (Wildman–Crippen LogP) is 1.04. The van der Waals surface area contributed by atoms with Gasteiger partial charge in [0.25, 0.3) is 5.91 Å². The summed E-state index contributed by atoms with van der Waals surface area (Å²) in [5.74, 6) is -6.56. The second-order valence-electron chi connectivity index (χ2n) is 3.91. The third-order valence-electron chi connectivity index (χ3n) is 2.15. The smallest absolute Gasteiger partial charge is 0.380 e. The number of rotatable bonds is 4. The average molecular weight is 229 g/mol. The van der Waals surface area contributed by atoms with Crippen molar-refractivity contribution in [3.8, 4) is 0 Å². The Morgan fingerprint density at radius 2 is 2.07 bits per heavy atom. The lowest BCUT2D eigenvalue weighted by Gasteiger charge is -2.38. The molecule has 0 aliphatic carbocycles. The lowest BCUT2D eigenvalue weighted by Crippen LogP contribution is -2.53. The molecule has 15 heavy (non-hydrogen) atoms. The van der Waals surface area contributed by atoms with Crippen LogP contribution in [-0.2, 0) is 9.53 Å². The molecule has 1 rings (SSSR count). The zero-order valence-electron chi connectivity index (χ0n) is 8.03. The van der Waals surface area contributed by atoms with Gasteiger partial charge in [0.05, 0.1) is 13.2 Å². The van der Waals surface area contributed by atoms with Gasteiger partial charge in [-0.3, -0.25) is 4.79 Å². The van der Waals surface area contributed by atoms with E-state index in [2.05, 4.69) is 0 Å². The van der Waals surface area contributed by atoms with Crippen molar-refractivity contribution in [1.82, 2.24) is 5.32 Å². The molecule has 0 radical (unpaired) electrons. The standard InChI is InChI=1S/C8H11F4NO2/c1-7(3-15-4-7)2-13-6(14)8(11,12)5(9)10/h5H,2-4H2,1H3,(H,13,14). The molecule has 1 aliphatic heterocycles. The number of alkyl halides is 4. The number of hydrogen-bond donors (Lipinski definition) is 1. The van der Waals surface area contributed by atoms with Crippen LogP contribution in [0.4, 0.5) is 17.6 Å². The van der Waals surface area contributed by atoms with Crippen LogP contribution in [0.5, 0.6) is 0 Å². The van der Waals surface area contributed by atoms with Gasteiger partial charge in [0.1, 0.15) is 0 Å². The number of amides is 1. The van der Waals surface area contributed by atoms with E-state index in [1.54, 1.807) is 12.2 Å². The largest absolute Gasteiger partial charge is 0.383 e. The molecule has 1 saturated heterocycles. The van der Waals surface area contributed by atoms with E-state index in [1.807, 2.05) is 0 Å². The molecule has 0 aromatic rings. The highest BCUT2D eigenvalue weighted by Gasteiger charge is 2.49. The molecule has 3 nitrogen and oxygen atoms in total. The van der Waals surface area contributed by atoms with Crippen molar-refractivity contribution in [2.75, 3.05) is 19.8 Å². The average Bonchev–Trinajstić information content (AvgIpc) is 2.10. The predicted molar refractivity (Wildman–Crippen MR) is 42.9 cm³/mol. The van der Waals surface area contributed by atoms with Crippen molar-refractivity contribution in [3.05, 3.63) is 0 Å². The molecule has 1 N–H and O–H groups in total. The third kappa shape index (κ3) is 2.58. The maximum atomic E-state index is 12.4. The number of halogens is 4. The Kier molecular flexibility index (Phi) is 3.22. The molecule has 0 aromatic heterocycles. The van der Waals surface area contributed by atoms with E-state index in [4.69, 9.17) is 4.74 Å². The first kappa shape index (κ1) is 12.2. The first-order valence-corrected chi connectivity index (χ1v) is 4.30. The van der Waals surface area contributed by atoms with E-state index in [1.165, 1.54) is 0 Å². The minimum absolute atomic E-state index is 0.0891. The minimum Gasteiger partial charge on any atom is -0.380 e. The van der Waals surface area contributed by atoms with E-state index < -0.39 is 23.7 Å². The maximum absolute atomic E-state index is 12.4. The van der Waals surface area contributed by atoms with Gasteiger partial charge in [0, 0.05) is 12.0 Å². The molecular weight excluding hydrogens is 218 g/mol. The van der Waals surface area contributed by atoms with Gasteiger partial charge >= 0.3 is 12.3 Å². The van der Waals surface area contributed by atoms with E-state index in [9.17, 15) is 22.4 Å². The van der Waals surface area contributed by atoms with Crippen molar-refractivity contribution < 1.29 is 27.1 Å². The van der Waals surface area contributed by atoms with Crippen LogP contribution in [0.25, 0.3) is 0 Å². The van der Waals surface area contributed by atoms with Crippen LogP contribution in [0.2, 0.25) is 0 Å². The van der Waals surface area contributed by atoms with Crippen molar-refractivity contribution in [3.63, 3.8) is 0 Å². The summed E-state index contributed by atoms with van der Waals surface area (Å²) in [5.41, 5.74) is -0.423. The second-order valence-corrected chi connectivity index (χ2v) is 3.91. The summed E-state index contributed by atoms with van der Waals surface area (Å²) in [6, 6.07) is 0. The van der Waals surface area contributed by atoms with Crippen molar-refractivity contribution >= 4 is 5.91 Å². The number of ether oxygens (including phenoxy) is 1. The van der Waals surface area contributed by atoms with Crippen molar-refractivity contribution in [2.45, 2.75) is 19.3 Å². The molecule has 0 aromatic carbocycles. The number of hydrogen-bond acceptors (Lipinski definition) is 2. The fraction of sp³-hybridized carbons (Fsp3) is 0.875. The maximum Gasteiger partial charge on any atom is 0.383 e. The van der Waals surface area contributed by atoms with Crippen molar-refractivity contribution in [2.24, 2.45) is 5.41 Å². The van der Waals surface area contributed by atoms with Gasteiger partial charge in [-0.25, -0.2) is 8.78 Å². The molecular formula is C8H11F4NO2. The molecule has 1 fully saturated rings. The lowest BCUT2D eigenvalue weighted by atomic mass is 9.89. The fourth-order valence-corrected chi connectivity index (χ4v) is 1.06. The van der Waals surface area contributed by atoms with E-state index in [0.29, 0.717) is 13.2 Å². The molecule has 1 heterocycles. The zero-order chi connectivity index (χ0) is 11.7. The molecule has 0 saturated carbocycles. The summed E-state index contributed by atoms with van der Waals surface area (Å²) < 4.78 is 53.2. The zero-order valence-corrected chi connectivity index (χ0v) is 8.03. The lowest BCUT2D eigenvalue weighted by molar-refractivity contribution is -0.171. The summed E-state index contributed by atoms with van der Waals surface area (Å²) in [6.45, 7) is 2.27. The Labute approximate surface area is 83.8 Å². The molecule has 0 unspecified atom stereocenters. The number of nitrogens with one attached hydrogen (secondary N) is 1. The van der Waals surface area contributed by atoms with Crippen LogP contribution in [0, 0.1) is 5.41 Å². The van der Waals surface area contributed by atoms with Gasteiger partial charge in [-0.05, 0) is 0 Å². The molecule has 0 spiro atoms. The molecule has 0 bridgehead atoms. The fourth-order valence-electron chi connectivity index (χ4n) is 1.06. The van der Waals surface area contributed by atoms with E-state index in [-0.39, 0.29) is 6.54 Å². The Morgan fingerprint density at radius 3 is 2.40 bits per heavy atom. The topological polar surface area (TPSA) is 38.3 Å². The van der Waals surface area contributed by atoms with Crippen LogP contribution in [-0.4, -0.2) is 38.0 Å². The first-order valence-electron chi connectivity index (χ1n) is 4.30. The van der Waals surface area contributed by atoms with Gasteiger partial charge in [-0.1, -0.05) is 6.92 Å². The Balaban J connectivity index is 2.42. The summed E-state index contributed by atoms with van der Waals surface area (Å²) in [5, 5.41) is 1.80.